The number of aliphatic hydroxyl groups excluding tert-OH is 2. The molecule has 0 radical (unpaired) electrons. The van der Waals surface area contributed by atoms with Crippen LogP contribution in [0.4, 0.5) is 0 Å². The fraction of sp³-hybridized carbons (Fsp3) is 0.909. The highest BCUT2D eigenvalue weighted by molar-refractivity contribution is 5.76. The molecule has 0 aromatic rings. The maximum absolute atomic E-state index is 12.5. The highest BCUT2D eigenvalue weighted by Gasteiger charge is 2.18. The van der Waals surface area contributed by atoms with Gasteiger partial charge in [0.05, 0.1) is 25.4 Å². The summed E-state index contributed by atoms with van der Waals surface area (Å²) < 4.78 is 5.48. The molecule has 2 atom stereocenters. The number of nitrogens with one attached hydrogen (secondary N) is 1. The van der Waals surface area contributed by atoms with E-state index in [1.807, 2.05) is 6.08 Å². The van der Waals surface area contributed by atoms with E-state index in [1.165, 1.54) is 289 Å². The predicted molar refractivity (Wildman–Crippen MR) is 315 cm³/mol. The molecule has 3 N–H and O–H groups in total. The lowest BCUT2D eigenvalue weighted by Gasteiger charge is -2.20. The van der Waals surface area contributed by atoms with Gasteiger partial charge in [-0.15, -0.1) is 0 Å². The van der Waals surface area contributed by atoms with Crippen molar-refractivity contribution < 1.29 is 24.5 Å². The zero-order chi connectivity index (χ0) is 52.2. The van der Waals surface area contributed by atoms with Crippen LogP contribution in [0.5, 0.6) is 0 Å². The second-order valence-corrected chi connectivity index (χ2v) is 22.5. The molecule has 0 heterocycles. The Kier molecular flexibility index (Phi) is 60.5. The number of allylic oxidation sites excluding steroid dienone is 3. The van der Waals surface area contributed by atoms with Crippen LogP contribution < -0.4 is 5.32 Å². The smallest absolute Gasteiger partial charge is 0.305 e. The van der Waals surface area contributed by atoms with Gasteiger partial charge in [0.1, 0.15) is 0 Å². The third-order valence-electron chi connectivity index (χ3n) is 15.2. The van der Waals surface area contributed by atoms with Crippen LogP contribution in [0, 0.1) is 0 Å². The van der Waals surface area contributed by atoms with Gasteiger partial charge in [-0.3, -0.25) is 9.59 Å². The molecule has 6 nitrogen and oxygen atoms in total. The number of unbranched alkanes of at least 4 members (excludes halogenated alkanes) is 48. The Hall–Kier alpha value is -1.66. The lowest BCUT2D eigenvalue weighted by atomic mass is 10.0. The minimum absolute atomic E-state index is 0.00584. The zero-order valence-electron chi connectivity index (χ0n) is 48.7. The molecule has 0 fully saturated rings. The molecule has 72 heavy (non-hydrogen) atoms. The monoisotopic (exact) mass is 1010 g/mol. The van der Waals surface area contributed by atoms with Crippen molar-refractivity contribution in [1.82, 2.24) is 5.32 Å². The van der Waals surface area contributed by atoms with Crippen LogP contribution in [0.3, 0.4) is 0 Å². The number of hydrogen-bond acceptors (Lipinski definition) is 5. The Morgan fingerprint density at radius 1 is 0.375 bits per heavy atom. The summed E-state index contributed by atoms with van der Waals surface area (Å²) in [7, 11) is 0. The van der Waals surface area contributed by atoms with Gasteiger partial charge in [-0.25, -0.2) is 0 Å². The summed E-state index contributed by atoms with van der Waals surface area (Å²) >= 11 is 0. The topological polar surface area (TPSA) is 95.9 Å². The van der Waals surface area contributed by atoms with Crippen LogP contribution in [-0.4, -0.2) is 47.4 Å². The van der Waals surface area contributed by atoms with E-state index < -0.39 is 12.1 Å². The first-order chi connectivity index (χ1) is 35.5. The average molecular weight is 1010 g/mol. The Labute approximate surface area is 450 Å². The maximum Gasteiger partial charge on any atom is 0.305 e. The number of hydrogen-bond donors (Lipinski definition) is 3. The van der Waals surface area contributed by atoms with Crippen LogP contribution in [0.25, 0.3) is 0 Å². The van der Waals surface area contributed by atoms with E-state index in [4.69, 9.17) is 4.74 Å². The second-order valence-electron chi connectivity index (χ2n) is 22.5. The van der Waals surface area contributed by atoms with Gasteiger partial charge in [-0.05, 0) is 57.8 Å². The Balaban J connectivity index is 3.40. The minimum Gasteiger partial charge on any atom is -0.466 e. The summed E-state index contributed by atoms with van der Waals surface area (Å²) in [6.45, 7) is 4.92. The minimum atomic E-state index is -0.844. The molecule has 2 unspecified atom stereocenters. The van der Waals surface area contributed by atoms with Crippen molar-refractivity contribution in [2.45, 2.75) is 373 Å². The zero-order valence-corrected chi connectivity index (χ0v) is 48.7. The summed E-state index contributed by atoms with van der Waals surface area (Å²) in [5, 5.41) is 23.2. The number of rotatable bonds is 61. The first-order valence-corrected chi connectivity index (χ1v) is 32.6. The molecule has 0 bridgehead atoms. The summed E-state index contributed by atoms with van der Waals surface area (Å²) in [6, 6.07) is -0.628. The molecule has 0 saturated heterocycles. The summed E-state index contributed by atoms with van der Waals surface area (Å²) in [5.41, 5.74) is 0. The Bertz CT molecular complexity index is 1120. The molecular weight excluding hydrogens is 887 g/mol. The van der Waals surface area contributed by atoms with Gasteiger partial charge in [0.15, 0.2) is 0 Å². The van der Waals surface area contributed by atoms with E-state index in [-0.39, 0.29) is 18.5 Å². The predicted octanol–water partition coefficient (Wildman–Crippen LogP) is 20.6. The van der Waals surface area contributed by atoms with Crippen LogP contribution >= 0.6 is 0 Å². The summed E-state index contributed by atoms with van der Waals surface area (Å²) in [5.74, 6) is -0.0588. The van der Waals surface area contributed by atoms with Crippen LogP contribution in [-0.2, 0) is 14.3 Å². The Morgan fingerprint density at radius 3 is 0.986 bits per heavy atom. The fourth-order valence-corrected chi connectivity index (χ4v) is 10.2. The molecule has 0 aliphatic rings. The van der Waals surface area contributed by atoms with E-state index in [2.05, 4.69) is 31.3 Å². The van der Waals surface area contributed by atoms with E-state index in [9.17, 15) is 19.8 Å². The largest absolute Gasteiger partial charge is 0.466 e. The molecule has 0 rings (SSSR count). The van der Waals surface area contributed by atoms with Crippen molar-refractivity contribution in [2.75, 3.05) is 13.2 Å². The molecule has 426 valence electrons. The third kappa shape index (κ3) is 57.6. The highest BCUT2D eigenvalue weighted by Crippen LogP contribution is 2.18. The van der Waals surface area contributed by atoms with Gasteiger partial charge >= 0.3 is 5.97 Å². The number of carbonyl (C=O) groups is 2. The van der Waals surface area contributed by atoms with Crippen LogP contribution in [0.1, 0.15) is 361 Å². The summed E-state index contributed by atoms with van der Waals surface area (Å²) in [4.78, 5) is 24.5. The molecule has 0 saturated carbocycles. The SMILES string of the molecule is CCCCCCC/C=C\CCCCCCCC(=O)OCCCCCCCCCCCCCCCCCCCCCCCCCC(=O)NC(CO)C(O)/C=C/CCCCCCCCCCCCCCCCCC. The Morgan fingerprint density at radius 2 is 0.653 bits per heavy atom. The fourth-order valence-electron chi connectivity index (χ4n) is 10.2. The molecule has 0 aromatic heterocycles. The van der Waals surface area contributed by atoms with Gasteiger partial charge < -0.3 is 20.3 Å². The molecule has 1 amide bonds. The molecule has 0 spiro atoms. The van der Waals surface area contributed by atoms with Gasteiger partial charge in [0.25, 0.3) is 0 Å². The molecule has 0 aromatic carbocycles. The number of amides is 1. The van der Waals surface area contributed by atoms with Crippen molar-refractivity contribution in [2.24, 2.45) is 0 Å². The van der Waals surface area contributed by atoms with Crippen molar-refractivity contribution in [3.8, 4) is 0 Å². The molecule has 0 aliphatic heterocycles. The highest BCUT2D eigenvalue weighted by atomic mass is 16.5. The van der Waals surface area contributed by atoms with E-state index in [0.29, 0.717) is 19.4 Å². The molecular formula is C66H127NO5. The number of aliphatic hydroxyl groups is 2. The number of ether oxygens (including phenoxy) is 1. The quantitative estimate of drug-likeness (QED) is 0.0320. The normalized spacial score (nSPS) is 12.7. The van der Waals surface area contributed by atoms with Crippen molar-refractivity contribution in [3.05, 3.63) is 24.3 Å². The van der Waals surface area contributed by atoms with E-state index >= 15 is 0 Å². The number of carbonyl (C=O) groups excluding carboxylic acids is 2. The molecule has 0 aliphatic carbocycles. The first kappa shape index (κ1) is 70.3. The lowest BCUT2D eigenvalue weighted by Crippen LogP contribution is -2.45. The second kappa shape index (κ2) is 61.9. The van der Waals surface area contributed by atoms with Gasteiger partial charge in [-0.2, -0.15) is 0 Å². The first-order valence-electron chi connectivity index (χ1n) is 32.6. The van der Waals surface area contributed by atoms with Gasteiger partial charge in [-0.1, -0.05) is 314 Å². The van der Waals surface area contributed by atoms with Crippen molar-refractivity contribution in [1.29, 1.82) is 0 Å². The maximum atomic E-state index is 12.5. The van der Waals surface area contributed by atoms with Gasteiger partial charge in [0, 0.05) is 12.8 Å². The number of esters is 1. The average Bonchev–Trinajstić information content (AvgIpc) is 3.38. The van der Waals surface area contributed by atoms with Crippen molar-refractivity contribution >= 4 is 11.9 Å². The van der Waals surface area contributed by atoms with E-state index in [0.717, 1.165) is 44.9 Å². The molecule has 6 heteroatoms. The van der Waals surface area contributed by atoms with E-state index in [1.54, 1.807) is 6.08 Å². The van der Waals surface area contributed by atoms with Gasteiger partial charge in [0.2, 0.25) is 5.91 Å². The third-order valence-corrected chi connectivity index (χ3v) is 15.2. The van der Waals surface area contributed by atoms with Crippen LogP contribution in [0.15, 0.2) is 24.3 Å². The van der Waals surface area contributed by atoms with Crippen LogP contribution in [0.2, 0.25) is 0 Å². The van der Waals surface area contributed by atoms with Crippen molar-refractivity contribution in [3.63, 3.8) is 0 Å². The standard InChI is InChI=1S/C66H127NO5/c1-3-5-7-9-11-13-15-17-19-20-28-31-34-38-42-46-50-54-58-64(69)63(62-68)67-65(70)59-55-51-47-43-39-35-32-29-26-24-22-21-23-25-27-30-33-37-41-45-49-53-57-61-72-66(71)60-56-52-48-44-40-36-18-16-14-12-10-8-6-4-2/h16,18,54,58,63-64,68-69H,3-15,17,19-53,55-57,59-62H2,1-2H3,(H,67,70)/b18-16-,58-54+. The lowest BCUT2D eigenvalue weighted by molar-refractivity contribution is -0.143. The summed E-state index contributed by atoms with van der Waals surface area (Å²) in [6.07, 6.45) is 76.6.